The lowest BCUT2D eigenvalue weighted by atomic mass is 10.1. The molecule has 2 aromatic carbocycles. The van der Waals surface area contributed by atoms with E-state index in [1.54, 1.807) is 64.6 Å². The number of anilines is 1. The van der Waals surface area contributed by atoms with E-state index in [9.17, 15) is 13.2 Å². The normalized spacial score (nSPS) is 12.2. The molecule has 0 N–H and O–H groups in total. The molecule has 0 unspecified atom stereocenters. The minimum atomic E-state index is -3.71. The number of rotatable bonds is 9. The van der Waals surface area contributed by atoms with E-state index in [-0.39, 0.29) is 12.5 Å². The van der Waals surface area contributed by atoms with E-state index in [1.807, 2.05) is 6.07 Å². The van der Waals surface area contributed by atoms with Crippen LogP contribution in [-0.2, 0) is 21.4 Å². The topological polar surface area (TPSA) is 76.2 Å². The third-order valence-corrected chi connectivity index (χ3v) is 6.07. The van der Waals surface area contributed by atoms with Gasteiger partial charge in [0.1, 0.15) is 6.04 Å². The Kier molecular flexibility index (Phi) is 7.97. The van der Waals surface area contributed by atoms with Crippen LogP contribution in [-0.4, -0.2) is 52.8 Å². The van der Waals surface area contributed by atoms with Crippen LogP contribution < -0.4 is 13.8 Å². The third-order valence-electron chi connectivity index (χ3n) is 4.64. The molecule has 2 rings (SSSR count). The number of halogens is 1. The first-order valence-electron chi connectivity index (χ1n) is 9.33. The number of likely N-dealkylation sites (N-methyl/N-ethyl adjacent to an activating group) is 1. The number of carbonyl (C=O) groups excluding carboxylic acids is 1. The Morgan fingerprint density at radius 2 is 1.67 bits per heavy atom. The molecule has 0 aliphatic carbocycles. The van der Waals surface area contributed by atoms with Gasteiger partial charge in [0.25, 0.3) is 0 Å². The standard InChI is InChI=1S/C21H27ClN2O5S/c1-6-18(24(30(5,26)27)17-10-8-16(22)9-11-17)21(25)23(2)14-15-7-12-19(28-3)20(13-15)29-4/h7-13,18H,6,14H2,1-5H3/t18-/m0/s1. The highest BCUT2D eigenvalue weighted by atomic mass is 35.5. The van der Waals surface area contributed by atoms with Crippen molar-refractivity contribution < 1.29 is 22.7 Å². The predicted octanol–water partition coefficient (Wildman–Crippen LogP) is 3.56. The molecule has 0 heterocycles. The molecule has 0 aliphatic heterocycles. The molecule has 0 bridgehead atoms. The highest BCUT2D eigenvalue weighted by Crippen LogP contribution is 2.29. The molecule has 2 aromatic rings. The molecule has 0 fully saturated rings. The molecule has 1 atom stereocenters. The van der Waals surface area contributed by atoms with E-state index < -0.39 is 16.1 Å². The first kappa shape index (κ1) is 23.8. The monoisotopic (exact) mass is 454 g/mol. The Balaban J connectivity index is 2.31. The van der Waals surface area contributed by atoms with Crippen LogP contribution in [0.15, 0.2) is 42.5 Å². The molecule has 0 spiro atoms. The minimum absolute atomic E-state index is 0.286. The second-order valence-corrected chi connectivity index (χ2v) is 9.14. The Morgan fingerprint density at radius 1 is 1.07 bits per heavy atom. The molecule has 1 amide bonds. The Bertz CT molecular complexity index is 979. The van der Waals surface area contributed by atoms with E-state index >= 15 is 0 Å². The maximum atomic E-state index is 13.2. The lowest BCUT2D eigenvalue weighted by molar-refractivity contribution is -0.131. The van der Waals surface area contributed by atoms with Crippen LogP contribution in [0.25, 0.3) is 0 Å². The van der Waals surface area contributed by atoms with Gasteiger partial charge in [0.15, 0.2) is 11.5 Å². The molecule has 30 heavy (non-hydrogen) atoms. The number of sulfonamides is 1. The van der Waals surface area contributed by atoms with Crippen LogP contribution in [0.2, 0.25) is 5.02 Å². The lowest BCUT2D eigenvalue weighted by Gasteiger charge is -2.33. The second kappa shape index (κ2) is 10.0. The number of hydrogen-bond acceptors (Lipinski definition) is 5. The summed E-state index contributed by atoms with van der Waals surface area (Å²) in [5, 5.41) is 0.483. The summed E-state index contributed by atoms with van der Waals surface area (Å²) < 4.78 is 36.8. The number of benzene rings is 2. The molecular weight excluding hydrogens is 428 g/mol. The summed E-state index contributed by atoms with van der Waals surface area (Å²) in [5.74, 6) is 0.835. The van der Waals surface area contributed by atoms with Crippen LogP contribution >= 0.6 is 11.6 Å². The number of methoxy groups -OCH3 is 2. The molecule has 0 radical (unpaired) electrons. The average Bonchev–Trinajstić information content (AvgIpc) is 2.71. The molecule has 0 saturated heterocycles. The van der Waals surface area contributed by atoms with Crippen molar-refractivity contribution in [2.24, 2.45) is 0 Å². The zero-order valence-corrected chi connectivity index (χ0v) is 19.3. The summed E-state index contributed by atoms with van der Waals surface area (Å²) in [5.41, 5.74) is 1.22. The molecule has 0 aromatic heterocycles. The van der Waals surface area contributed by atoms with E-state index in [1.165, 1.54) is 4.90 Å². The van der Waals surface area contributed by atoms with E-state index in [4.69, 9.17) is 21.1 Å². The summed E-state index contributed by atoms with van der Waals surface area (Å²) in [6.07, 6.45) is 1.40. The van der Waals surface area contributed by atoms with Crippen LogP contribution in [0, 0.1) is 0 Å². The zero-order valence-electron chi connectivity index (χ0n) is 17.8. The van der Waals surface area contributed by atoms with Crippen molar-refractivity contribution in [1.29, 1.82) is 0 Å². The van der Waals surface area contributed by atoms with Gasteiger partial charge in [-0.25, -0.2) is 8.42 Å². The largest absolute Gasteiger partial charge is 0.493 e. The minimum Gasteiger partial charge on any atom is -0.493 e. The number of nitrogens with zero attached hydrogens (tertiary/aromatic N) is 2. The summed E-state index contributed by atoms with van der Waals surface area (Å²) in [4.78, 5) is 14.7. The van der Waals surface area contributed by atoms with Crippen molar-refractivity contribution in [2.45, 2.75) is 25.9 Å². The second-order valence-electron chi connectivity index (χ2n) is 6.84. The molecule has 7 nitrogen and oxygen atoms in total. The van der Waals surface area contributed by atoms with E-state index in [2.05, 4.69) is 0 Å². The Morgan fingerprint density at radius 3 is 2.17 bits per heavy atom. The van der Waals surface area contributed by atoms with Gasteiger partial charge in [0.05, 0.1) is 26.2 Å². The maximum Gasteiger partial charge on any atom is 0.246 e. The van der Waals surface area contributed by atoms with Crippen molar-refractivity contribution in [2.75, 3.05) is 31.8 Å². The molecule has 9 heteroatoms. The van der Waals surface area contributed by atoms with Crippen molar-refractivity contribution in [3.05, 3.63) is 53.1 Å². The predicted molar refractivity (Wildman–Crippen MR) is 119 cm³/mol. The SMILES string of the molecule is CC[C@@H](C(=O)N(C)Cc1ccc(OC)c(OC)c1)N(c1ccc(Cl)cc1)S(C)(=O)=O. The van der Waals surface area contributed by atoms with Crippen molar-refractivity contribution in [1.82, 2.24) is 4.90 Å². The third kappa shape index (κ3) is 5.58. The van der Waals surface area contributed by atoms with Gasteiger partial charge in [0, 0.05) is 18.6 Å². The summed E-state index contributed by atoms with van der Waals surface area (Å²) in [7, 11) is 1.03. The van der Waals surface area contributed by atoms with Gasteiger partial charge in [-0.2, -0.15) is 0 Å². The molecule has 164 valence electrons. The smallest absolute Gasteiger partial charge is 0.246 e. The fourth-order valence-corrected chi connectivity index (χ4v) is 4.55. The Labute approximate surface area is 183 Å². The van der Waals surface area contributed by atoms with Gasteiger partial charge in [-0.1, -0.05) is 24.6 Å². The number of ether oxygens (including phenoxy) is 2. The van der Waals surface area contributed by atoms with Crippen molar-refractivity contribution in [3.8, 4) is 11.5 Å². The van der Waals surface area contributed by atoms with E-state index in [0.717, 1.165) is 16.1 Å². The van der Waals surface area contributed by atoms with Gasteiger partial charge in [-0.3, -0.25) is 9.10 Å². The molecule has 0 saturated carbocycles. The van der Waals surface area contributed by atoms with Crippen molar-refractivity contribution >= 4 is 33.2 Å². The fourth-order valence-electron chi connectivity index (χ4n) is 3.22. The molecular formula is C21H27ClN2O5S. The van der Waals surface area contributed by atoms with Gasteiger partial charge in [-0.05, 0) is 48.4 Å². The zero-order chi connectivity index (χ0) is 22.5. The van der Waals surface area contributed by atoms with Gasteiger partial charge in [0.2, 0.25) is 15.9 Å². The first-order chi connectivity index (χ1) is 14.1. The van der Waals surface area contributed by atoms with Gasteiger partial charge in [-0.15, -0.1) is 0 Å². The lowest BCUT2D eigenvalue weighted by Crippen LogP contribution is -2.49. The maximum absolute atomic E-state index is 13.2. The highest BCUT2D eigenvalue weighted by molar-refractivity contribution is 7.92. The van der Waals surface area contributed by atoms with Crippen LogP contribution in [0.5, 0.6) is 11.5 Å². The quantitative estimate of drug-likeness (QED) is 0.579. The van der Waals surface area contributed by atoms with Crippen LogP contribution in [0.3, 0.4) is 0 Å². The number of amides is 1. The number of hydrogen-bond donors (Lipinski definition) is 0. The molecule has 0 aliphatic rings. The van der Waals surface area contributed by atoms with Gasteiger partial charge >= 0.3 is 0 Å². The number of carbonyl (C=O) groups is 1. The van der Waals surface area contributed by atoms with Crippen LogP contribution in [0.4, 0.5) is 5.69 Å². The van der Waals surface area contributed by atoms with Crippen molar-refractivity contribution in [3.63, 3.8) is 0 Å². The first-order valence-corrected chi connectivity index (χ1v) is 11.6. The summed E-state index contributed by atoms with van der Waals surface area (Å²) in [6, 6.07) is 10.9. The average molecular weight is 455 g/mol. The Hall–Kier alpha value is -2.45. The summed E-state index contributed by atoms with van der Waals surface area (Å²) >= 11 is 5.93. The van der Waals surface area contributed by atoms with Crippen LogP contribution in [0.1, 0.15) is 18.9 Å². The summed E-state index contributed by atoms with van der Waals surface area (Å²) in [6.45, 7) is 2.06. The van der Waals surface area contributed by atoms with Gasteiger partial charge < -0.3 is 14.4 Å². The fraction of sp³-hybridized carbons (Fsp3) is 0.381. The highest BCUT2D eigenvalue weighted by Gasteiger charge is 2.33. The van der Waals surface area contributed by atoms with E-state index in [0.29, 0.717) is 28.6 Å².